The van der Waals surface area contributed by atoms with Crippen LogP contribution in [0, 0.1) is 5.92 Å². The SMILES string of the molecule is CCN(CCCBr)S(=O)(=O)CC1CC1. The molecule has 0 radical (unpaired) electrons. The first kappa shape index (κ1) is 12.5. The monoisotopic (exact) mass is 283 g/mol. The first-order valence-corrected chi connectivity index (χ1v) is 7.87. The van der Waals surface area contributed by atoms with E-state index in [2.05, 4.69) is 15.9 Å². The smallest absolute Gasteiger partial charge is 0.212 e. The lowest BCUT2D eigenvalue weighted by atomic mass is 10.5. The van der Waals surface area contributed by atoms with Crippen molar-refractivity contribution in [3.05, 3.63) is 0 Å². The summed E-state index contributed by atoms with van der Waals surface area (Å²) in [7, 11) is -2.97. The van der Waals surface area contributed by atoms with Crippen molar-refractivity contribution in [2.45, 2.75) is 26.2 Å². The molecule has 84 valence electrons. The lowest BCUT2D eigenvalue weighted by Crippen LogP contribution is -2.34. The van der Waals surface area contributed by atoms with Gasteiger partial charge < -0.3 is 0 Å². The summed E-state index contributed by atoms with van der Waals surface area (Å²) in [6.07, 6.45) is 3.07. The third kappa shape index (κ3) is 3.87. The fraction of sp³-hybridized carbons (Fsp3) is 1.00. The van der Waals surface area contributed by atoms with E-state index in [-0.39, 0.29) is 0 Å². The Balaban J connectivity index is 2.47. The van der Waals surface area contributed by atoms with E-state index in [0.29, 0.717) is 24.8 Å². The van der Waals surface area contributed by atoms with E-state index >= 15 is 0 Å². The molecule has 0 heterocycles. The van der Waals surface area contributed by atoms with Crippen LogP contribution in [-0.4, -0.2) is 36.9 Å². The molecule has 0 aromatic carbocycles. The summed E-state index contributed by atoms with van der Waals surface area (Å²) < 4.78 is 25.3. The fourth-order valence-electron chi connectivity index (χ4n) is 1.42. The van der Waals surface area contributed by atoms with E-state index in [1.165, 1.54) is 0 Å². The van der Waals surface area contributed by atoms with Crippen LogP contribution in [0.15, 0.2) is 0 Å². The maximum atomic E-state index is 11.8. The average molecular weight is 284 g/mol. The molecule has 0 saturated heterocycles. The lowest BCUT2D eigenvalue weighted by Gasteiger charge is -2.19. The molecule has 0 N–H and O–H groups in total. The Bertz CT molecular complexity index is 262. The highest BCUT2D eigenvalue weighted by molar-refractivity contribution is 9.09. The number of hydrogen-bond donors (Lipinski definition) is 0. The van der Waals surface area contributed by atoms with Gasteiger partial charge in [0.05, 0.1) is 5.75 Å². The van der Waals surface area contributed by atoms with E-state index in [1.807, 2.05) is 6.92 Å². The van der Waals surface area contributed by atoms with Crippen LogP contribution in [0.3, 0.4) is 0 Å². The zero-order valence-corrected chi connectivity index (χ0v) is 11.0. The van der Waals surface area contributed by atoms with Gasteiger partial charge in [0.25, 0.3) is 0 Å². The van der Waals surface area contributed by atoms with Crippen molar-refractivity contribution in [1.29, 1.82) is 0 Å². The highest BCUT2D eigenvalue weighted by Gasteiger charge is 2.30. The molecule has 1 rings (SSSR count). The summed E-state index contributed by atoms with van der Waals surface area (Å²) >= 11 is 3.32. The number of halogens is 1. The number of alkyl halides is 1. The van der Waals surface area contributed by atoms with Gasteiger partial charge in [0, 0.05) is 18.4 Å². The third-order valence-electron chi connectivity index (χ3n) is 2.43. The minimum Gasteiger partial charge on any atom is -0.212 e. The van der Waals surface area contributed by atoms with Crippen molar-refractivity contribution in [2.75, 3.05) is 24.2 Å². The van der Waals surface area contributed by atoms with Gasteiger partial charge in [-0.05, 0) is 25.2 Å². The largest absolute Gasteiger partial charge is 0.214 e. The quantitative estimate of drug-likeness (QED) is 0.669. The minimum atomic E-state index is -2.97. The van der Waals surface area contributed by atoms with Crippen LogP contribution in [0.25, 0.3) is 0 Å². The summed E-state index contributed by atoms with van der Waals surface area (Å²) in [6.45, 7) is 3.15. The van der Waals surface area contributed by atoms with E-state index in [0.717, 1.165) is 24.6 Å². The molecule has 0 aromatic rings. The summed E-state index contributed by atoms with van der Waals surface area (Å²) in [6, 6.07) is 0. The maximum Gasteiger partial charge on any atom is 0.214 e. The summed E-state index contributed by atoms with van der Waals surface area (Å²) in [5, 5.41) is 0.864. The maximum absolute atomic E-state index is 11.8. The Kier molecular flexibility index (Phi) is 4.87. The second kappa shape index (κ2) is 5.47. The van der Waals surface area contributed by atoms with Crippen LogP contribution in [0.1, 0.15) is 26.2 Å². The van der Waals surface area contributed by atoms with Crippen LogP contribution in [0.2, 0.25) is 0 Å². The summed E-state index contributed by atoms with van der Waals surface area (Å²) in [5.74, 6) is 0.807. The van der Waals surface area contributed by atoms with Crippen LogP contribution >= 0.6 is 15.9 Å². The number of rotatable bonds is 7. The molecule has 0 aliphatic heterocycles. The van der Waals surface area contributed by atoms with Gasteiger partial charge in [-0.3, -0.25) is 0 Å². The standard InChI is InChI=1S/C9H18BrNO2S/c1-2-11(7-3-6-10)14(12,13)8-9-4-5-9/h9H,2-8H2,1H3. The molecular weight excluding hydrogens is 266 g/mol. The van der Waals surface area contributed by atoms with Crippen molar-refractivity contribution in [3.8, 4) is 0 Å². The molecule has 1 saturated carbocycles. The minimum absolute atomic E-state index is 0.364. The third-order valence-corrected chi connectivity index (χ3v) is 5.11. The molecular formula is C9H18BrNO2S. The van der Waals surface area contributed by atoms with Crippen molar-refractivity contribution in [3.63, 3.8) is 0 Å². The highest BCUT2D eigenvalue weighted by atomic mass is 79.9. The molecule has 0 unspecified atom stereocenters. The summed E-state index contributed by atoms with van der Waals surface area (Å²) in [5.41, 5.74) is 0. The Hall–Kier alpha value is 0.390. The Morgan fingerprint density at radius 1 is 1.43 bits per heavy atom. The van der Waals surface area contributed by atoms with E-state index in [4.69, 9.17) is 0 Å². The first-order chi connectivity index (χ1) is 6.60. The summed E-state index contributed by atoms with van der Waals surface area (Å²) in [4.78, 5) is 0. The van der Waals surface area contributed by atoms with Gasteiger partial charge >= 0.3 is 0 Å². The van der Waals surface area contributed by atoms with Gasteiger partial charge in [0.2, 0.25) is 10.0 Å². The topological polar surface area (TPSA) is 37.4 Å². The van der Waals surface area contributed by atoms with Crippen molar-refractivity contribution in [2.24, 2.45) is 5.92 Å². The molecule has 1 aliphatic carbocycles. The van der Waals surface area contributed by atoms with Gasteiger partial charge in [-0.1, -0.05) is 22.9 Å². The molecule has 5 heteroatoms. The second-order valence-electron chi connectivity index (χ2n) is 3.76. The van der Waals surface area contributed by atoms with Crippen molar-refractivity contribution in [1.82, 2.24) is 4.31 Å². The molecule has 1 aliphatic rings. The molecule has 3 nitrogen and oxygen atoms in total. The van der Waals surface area contributed by atoms with Gasteiger partial charge in [0.15, 0.2) is 0 Å². The van der Waals surface area contributed by atoms with Crippen molar-refractivity contribution < 1.29 is 8.42 Å². The van der Waals surface area contributed by atoms with Crippen LogP contribution in [0.4, 0.5) is 0 Å². The van der Waals surface area contributed by atoms with Gasteiger partial charge in [-0.25, -0.2) is 12.7 Å². The van der Waals surface area contributed by atoms with Crippen LogP contribution in [-0.2, 0) is 10.0 Å². The van der Waals surface area contributed by atoms with Crippen LogP contribution in [0.5, 0.6) is 0 Å². The lowest BCUT2D eigenvalue weighted by molar-refractivity contribution is 0.427. The predicted molar refractivity (Wildman–Crippen MR) is 62.2 cm³/mol. The Morgan fingerprint density at radius 2 is 2.07 bits per heavy atom. The molecule has 1 fully saturated rings. The van der Waals surface area contributed by atoms with Gasteiger partial charge in [-0.2, -0.15) is 0 Å². The van der Waals surface area contributed by atoms with E-state index < -0.39 is 10.0 Å². The zero-order valence-electron chi connectivity index (χ0n) is 8.58. The first-order valence-electron chi connectivity index (χ1n) is 5.14. The van der Waals surface area contributed by atoms with E-state index in [9.17, 15) is 8.42 Å². The normalized spacial score (nSPS) is 17.6. The predicted octanol–water partition coefficient (Wildman–Crippen LogP) is 1.83. The highest BCUT2D eigenvalue weighted by Crippen LogP contribution is 2.31. The second-order valence-corrected chi connectivity index (χ2v) is 6.56. The average Bonchev–Trinajstić information content (AvgIpc) is 2.88. The molecule has 0 spiro atoms. The Morgan fingerprint density at radius 3 is 2.50 bits per heavy atom. The van der Waals surface area contributed by atoms with Gasteiger partial charge in [-0.15, -0.1) is 0 Å². The van der Waals surface area contributed by atoms with Crippen LogP contribution < -0.4 is 0 Å². The Labute approximate surface area is 95.0 Å². The molecule has 0 amide bonds. The molecule has 14 heavy (non-hydrogen) atoms. The fourth-order valence-corrected chi connectivity index (χ4v) is 3.61. The van der Waals surface area contributed by atoms with Gasteiger partial charge in [0.1, 0.15) is 0 Å². The number of nitrogens with zero attached hydrogens (tertiary/aromatic N) is 1. The van der Waals surface area contributed by atoms with Crippen molar-refractivity contribution >= 4 is 26.0 Å². The number of hydrogen-bond acceptors (Lipinski definition) is 2. The molecule has 0 aromatic heterocycles. The zero-order chi connectivity index (χ0) is 10.6. The van der Waals surface area contributed by atoms with E-state index in [1.54, 1.807) is 4.31 Å². The molecule has 0 atom stereocenters. The number of sulfonamides is 1. The molecule has 0 bridgehead atoms.